The molecule has 64 valence electrons. The maximum absolute atomic E-state index is 10.3. The second-order valence-electron chi connectivity index (χ2n) is 1.46. The zero-order chi connectivity index (χ0) is 8.78. The lowest BCUT2D eigenvalue weighted by molar-refractivity contribution is -0.0245. The van der Waals surface area contributed by atoms with Gasteiger partial charge < -0.3 is 10.2 Å². The molecule has 6 heteroatoms. The van der Waals surface area contributed by atoms with Crippen LogP contribution < -0.4 is 0 Å². The van der Waals surface area contributed by atoms with Crippen LogP contribution in [0.5, 0.6) is 0 Å². The highest BCUT2D eigenvalue weighted by atomic mass is 79.9. The molecule has 0 bridgehead atoms. The molecule has 2 N–H and O–H groups in total. The van der Waals surface area contributed by atoms with Gasteiger partial charge in [-0.05, 0) is 6.92 Å². The van der Waals surface area contributed by atoms with Crippen LogP contribution in [0.1, 0.15) is 6.92 Å². The SMILES string of the molecule is CC(O)CO.FC(F)(F)Br. The number of hydrogen-bond acceptors (Lipinski definition) is 2. The summed E-state index contributed by atoms with van der Waals surface area (Å²) in [6.45, 7) is 1.39. The van der Waals surface area contributed by atoms with Gasteiger partial charge in [0.15, 0.2) is 0 Å². The van der Waals surface area contributed by atoms with E-state index in [2.05, 4.69) is 0 Å². The Hall–Kier alpha value is 0.190. The maximum atomic E-state index is 10.3. The van der Waals surface area contributed by atoms with E-state index in [1.54, 1.807) is 0 Å². The molecule has 0 heterocycles. The summed E-state index contributed by atoms with van der Waals surface area (Å²) in [5.41, 5.74) is 0. The topological polar surface area (TPSA) is 40.5 Å². The van der Waals surface area contributed by atoms with Crippen LogP contribution in [0.25, 0.3) is 0 Å². The average Bonchev–Trinajstić information content (AvgIpc) is 1.61. The molecule has 2 nitrogen and oxygen atoms in total. The lowest BCUT2D eigenvalue weighted by atomic mass is 10.5. The van der Waals surface area contributed by atoms with E-state index in [-0.39, 0.29) is 6.61 Å². The normalized spacial score (nSPS) is 13.5. The van der Waals surface area contributed by atoms with Crippen molar-refractivity contribution >= 4 is 15.9 Å². The minimum Gasteiger partial charge on any atom is -0.394 e. The number of aliphatic hydroxyl groups excluding tert-OH is 2. The number of alkyl halides is 4. The third-order valence-corrected chi connectivity index (χ3v) is 0.264. The van der Waals surface area contributed by atoms with Crippen molar-refractivity contribution in [3.8, 4) is 0 Å². The fourth-order valence-electron chi connectivity index (χ4n) is 0. The average molecular weight is 225 g/mol. The molecule has 0 fully saturated rings. The minimum atomic E-state index is -4.19. The van der Waals surface area contributed by atoms with Crippen molar-refractivity contribution in [3.63, 3.8) is 0 Å². The molecule has 0 aliphatic carbocycles. The maximum Gasteiger partial charge on any atom is 0.448 e. The quantitative estimate of drug-likeness (QED) is 0.659. The molecule has 1 unspecified atom stereocenters. The molecule has 10 heavy (non-hydrogen) atoms. The smallest absolute Gasteiger partial charge is 0.394 e. The van der Waals surface area contributed by atoms with E-state index in [1.807, 2.05) is 0 Å². The standard InChI is InChI=1S/C3H8O2.CBrF3/c1-3(5)2-4;2-1(3,4)5/h3-5H,2H2,1H3;. The third kappa shape index (κ3) is 88.3. The highest BCUT2D eigenvalue weighted by Gasteiger charge is 2.19. The van der Waals surface area contributed by atoms with Gasteiger partial charge in [0.1, 0.15) is 0 Å². The zero-order valence-corrected chi connectivity index (χ0v) is 6.78. The van der Waals surface area contributed by atoms with Crippen LogP contribution in [-0.4, -0.2) is 28.0 Å². The van der Waals surface area contributed by atoms with Gasteiger partial charge >= 0.3 is 5.09 Å². The van der Waals surface area contributed by atoms with Crippen LogP contribution >= 0.6 is 15.9 Å². The first-order valence-electron chi connectivity index (χ1n) is 2.32. The van der Waals surface area contributed by atoms with Gasteiger partial charge in [0.05, 0.1) is 12.7 Å². The molecule has 0 radical (unpaired) electrons. The van der Waals surface area contributed by atoms with Crippen LogP contribution in [0, 0.1) is 0 Å². The van der Waals surface area contributed by atoms with Crippen molar-refractivity contribution in [2.24, 2.45) is 0 Å². The molecule has 0 aromatic carbocycles. The summed E-state index contributed by atoms with van der Waals surface area (Å²) in [5.74, 6) is 0. The monoisotopic (exact) mass is 224 g/mol. The van der Waals surface area contributed by atoms with Gasteiger partial charge in [0.2, 0.25) is 0 Å². The van der Waals surface area contributed by atoms with Gasteiger partial charge in [0.25, 0.3) is 0 Å². The van der Waals surface area contributed by atoms with Crippen LogP contribution in [-0.2, 0) is 0 Å². The van der Waals surface area contributed by atoms with Gasteiger partial charge in [-0.2, -0.15) is 13.2 Å². The second-order valence-corrected chi connectivity index (χ2v) is 2.36. The molecule has 0 aromatic rings. The molecule has 0 saturated carbocycles. The second kappa shape index (κ2) is 5.94. The molecule has 0 aliphatic heterocycles. The fraction of sp³-hybridized carbons (Fsp3) is 1.00. The van der Waals surface area contributed by atoms with E-state index >= 15 is 0 Å². The van der Waals surface area contributed by atoms with Crippen LogP contribution in [0.15, 0.2) is 0 Å². The Morgan fingerprint density at radius 1 is 1.50 bits per heavy atom. The predicted molar refractivity (Wildman–Crippen MR) is 33.7 cm³/mol. The Kier molecular flexibility index (Phi) is 7.62. The molecule has 0 amide bonds. The van der Waals surface area contributed by atoms with E-state index in [0.29, 0.717) is 0 Å². The summed E-state index contributed by atoms with van der Waals surface area (Å²) >= 11 is 1.38. The summed E-state index contributed by atoms with van der Waals surface area (Å²) in [5, 5.41) is 11.8. The number of hydrogen-bond donors (Lipinski definition) is 2. The van der Waals surface area contributed by atoms with Crippen molar-refractivity contribution in [2.75, 3.05) is 6.61 Å². The van der Waals surface area contributed by atoms with Gasteiger partial charge in [-0.1, -0.05) is 0 Å². The highest BCUT2D eigenvalue weighted by molar-refractivity contribution is 9.09. The molecule has 0 spiro atoms. The Morgan fingerprint density at radius 2 is 1.60 bits per heavy atom. The van der Waals surface area contributed by atoms with E-state index in [4.69, 9.17) is 10.2 Å². The van der Waals surface area contributed by atoms with E-state index in [0.717, 1.165) is 0 Å². The molecule has 0 aromatic heterocycles. The van der Waals surface area contributed by atoms with Gasteiger partial charge in [-0.3, -0.25) is 0 Å². The first-order valence-corrected chi connectivity index (χ1v) is 3.11. The summed E-state index contributed by atoms with van der Waals surface area (Å²) in [6, 6.07) is 0. The Balaban J connectivity index is 0. The van der Waals surface area contributed by atoms with Crippen LogP contribution in [0.4, 0.5) is 13.2 Å². The largest absolute Gasteiger partial charge is 0.448 e. The molecule has 0 aliphatic rings. The highest BCUT2D eigenvalue weighted by Crippen LogP contribution is 2.21. The molecular formula is C4H8BrF3O2. The summed E-state index contributed by atoms with van der Waals surface area (Å²) < 4.78 is 30.8. The van der Waals surface area contributed by atoms with Crippen molar-refractivity contribution < 1.29 is 23.4 Å². The van der Waals surface area contributed by atoms with Crippen molar-refractivity contribution in [1.82, 2.24) is 0 Å². The van der Waals surface area contributed by atoms with Crippen molar-refractivity contribution in [2.45, 2.75) is 18.1 Å². The predicted octanol–water partition coefficient (Wildman–Crippen LogP) is 1.26. The summed E-state index contributed by atoms with van der Waals surface area (Å²) in [7, 11) is 0. The molecule has 0 saturated heterocycles. The molecular weight excluding hydrogens is 217 g/mol. The fourth-order valence-corrected chi connectivity index (χ4v) is 0. The number of halogens is 4. The summed E-state index contributed by atoms with van der Waals surface area (Å²) in [4.78, 5) is 0. The lowest BCUT2D eigenvalue weighted by Gasteiger charge is -1.90. The van der Waals surface area contributed by atoms with Crippen molar-refractivity contribution in [3.05, 3.63) is 0 Å². The first kappa shape index (κ1) is 12.8. The minimum absolute atomic E-state index is 0.139. The lowest BCUT2D eigenvalue weighted by Crippen LogP contribution is -2.03. The van der Waals surface area contributed by atoms with E-state index < -0.39 is 11.2 Å². The Morgan fingerprint density at radius 3 is 1.60 bits per heavy atom. The number of aliphatic hydroxyl groups is 2. The molecule has 1 atom stereocenters. The van der Waals surface area contributed by atoms with Gasteiger partial charge in [0, 0.05) is 15.9 Å². The molecule has 0 rings (SSSR count). The van der Waals surface area contributed by atoms with Crippen LogP contribution in [0.2, 0.25) is 0 Å². The van der Waals surface area contributed by atoms with Crippen molar-refractivity contribution in [1.29, 1.82) is 0 Å². The van der Waals surface area contributed by atoms with E-state index in [9.17, 15) is 13.2 Å². The van der Waals surface area contributed by atoms with Gasteiger partial charge in [-0.15, -0.1) is 0 Å². The first-order chi connectivity index (χ1) is 4.27. The summed E-state index contributed by atoms with van der Waals surface area (Å²) in [6.07, 6.45) is -0.560. The zero-order valence-electron chi connectivity index (χ0n) is 5.19. The van der Waals surface area contributed by atoms with E-state index in [1.165, 1.54) is 22.9 Å². The van der Waals surface area contributed by atoms with Gasteiger partial charge in [-0.25, -0.2) is 0 Å². The Bertz CT molecular complexity index is 67.4. The third-order valence-electron chi connectivity index (χ3n) is 0.264. The number of rotatable bonds is 1. The van der Waals surface area contributed by atoms with Crippen LogP contribution in [0.3, 0.4) is 0 Å². The Labute approximate surface area is 64.8 Å².